The first-order chi connectivity index (χ1) is 21.3. The normalized spacial score (nSPS) is 17.8. The molecule has 0 saturated carbocycles. The van der Waals surface area contributed by atoms with Gasteiger partial charge in [0.1, 0.15) is 19.0 Å². The van der Waals surface area contributed by atoms with Crippen molar-refractivity contribution in [1.82, 2.24) is 5.32 Å². The fourth-order valence-electron chi connectivity index (χ4n) is 5.80. The van der Waals surface area contributed by atoms with Crippen LogP contribution in [-0.2, 0) is 19.1 Å². The van der Waals surface area contributed by atoms with E-state index in [1.807, 2.05) is 48.5 Å². The van der Waals surface area contributed by atoms with Gasteiger partial charge in [0, 0.05) is 29.3 Å². The molecule has 0 saturated heterocycles. The Hall–Kier alpha value is -5.05. The summed E-state index contributed by atoms with van der Waals surface area (Å²) < 4.78 is 27.1. The van der Waals surface area contributed by atoms with E-state index >= 15 is 0 Å². The van der Waals surface area contributed by atoms with Crippen LogP contribution in [0.3, 0.4) is 0 Å². The second-order valence-electron chi connectivity index (χ2n) is 10.5. The SMILES string of the molecule is COC(=O)c1ccc(C2C(C(=O)OCCOc3ccccc3)=C(C)NC3=C2C(=O)CC(c2ccc(OC)c(OC)c2)C3)cc1. The quantitative estimate of drug-likeness (QED) is 0.240. The molecule has 2 atom stereocenters. The lowest BCUT2D eigenvalue weighted by atomic mass is 9.71. The topological polar surface area (TPSA) is 109 Å². The van der Waals surface area contributed by atoms with Gasteiger partial charge in [-0.1, -0.05) is 36.4 Å². The van der Waals surface area contributed by atoms with Crippen molar-refractivity contribution in [2.75, 3.05) is 34.5 Å². The number of nitrogens with one attached hydrogen (secondary N) is 1. The summed E-state index contributed by atoms with van der Waals surface area (Å²) in [6.45, 7) is 2.01. The van der Waals surface area contributed by atoms with Crippen LogP contribution in [0, 0.1) is 0 Å². The highest BCUT2D eigenvalue weighted by molar-refractivity contribution is 6.04. The van der Waals surface area contributed by atoms with E-state index in [0.717, 1.165) is 11.3 Å². The Kier molecular flexibility index (Phi) is 9.33. The molecule has 228 valence electrons. The maximum atomic E-state index is 14.0. The van der Waals surface area contributed by atoms with Crippen LogP contribution in [-0.4, -0.2) is 52.3 Å². The number of esters is 2. The Morgan fingerprint density at radius 3 is 2.20 bits per heavy atom. The lowest BCUT2D eigenvalue weighted by Gasteiger charge is -2.36. The lowest BCUT2D eigenvalue weighted by Crippen LogP contribution is -2.36. The molecule has 0 amide bonds. The molecule has 9 nitrogen and oxygen atoms in total. The second-order valence-corrected chi connectivity index (χ2v) is 10.5. The summed E-state index contributed by atoms with van der Waals surface area (Å²) in [4.78, 5) is 39.7. The van der Waals surface area contributed by atoms with Gasteiger partial charge >= 0.3 is 11.9 Å². The minimum Gasteiger partial charge on any atom is -0.493 e. The standard InChI is InChI=1S/C35H35NO8/c1-21-31(35(39)44-17-16-43-26-8-6-5-7-9-26)32(22-10-12-23(13-11-22)34(38)42-4)33-27(36-21)18-25(19-28(33)37)24-14-15-29(40-2)30(20-24)41-3/h5-15,20,25,32,36H,16-19H2,1-4H3. The second kappa shape index (κ2) is 13.5. The number of ether oxygens (including phenoxy) is 5. The average Bonchev–Trinajstić information content (AvgIpc) is 3.05. The molecule has 1 aliphatic heterocycles. The van der Waals surface area contributed by atoms with E-state index in [1.165, 1.54) is 7.11 Å². The van der Waals surface area contributed by atoms with Gasteiger partial charge in [-0.2, -0.15) is 0 Å². The smallest absolute Gasteiger partial charge is 0.337 e. The number of methoxy groups -OCH3 is 3. The zero-order valence-corrected chi connectivity index (χ0v) is 25.2. The van der Waals surface area contributed by atoms with E-state index < -0.39 is 17.9 Å². The first kappa shape index (κ1) is 30.4. The molecule has 0 bridgehead atoms. The number of carbonyl (C=O) groups excluding carboxylic acids is 3. The molecule has 0 radical (unpaired) electrons. The van der Waals surface area contributed by atoms with Gasteiger partial charge in [-0.05, 0) is 66.8 Å². The summed E-state index contributed by atoms with van der Waals surface area (Å²) >= 11 is 0. The van der Waals surface area contributed by atoms with Crippen LogP contribution in [0.2, 0.25) is 0 Å². The van der Waals surface area contributed by atoms with Crippen LogP contribution in [0.15, 0.2) is 95.3 Å². The van der Waals surface area contributed by atoms with Crippen LogP contribution in [0.5, 0.6) is 17.2 Å². The number of allylic oxidation sites excluding steroid dienone is 3. The summed E-state index contributed by atoms with van der Waals surface area (Å²) in [7, 11) is 4.48. The molecule has 9 heteroatoms. The van der Waals surface area contributed by atoms with E-state index in [9.17, 15) is 14.4 Å². The summed E-state index contributed by atoms with van der Waals surface area (Å²) in [5.41, 5.74) is 4.22. The van der Waals surface area contributed by atoms with Crippen LogP contribution in [0.1, 0.15) is 53.1 Å². The number of hydrogen-bond donors (Lipinski definition) is 1. The zero-order valence-electron chi connectivity index (χ0n) is 25.2. The molecule has 2 aliphatic rings. The number of benzene rings is 3. The van der Waals surface area contributed by atoms with E-state index in [4.69, 9.17) is 23.7 Å². The fourth-order valence-corrected chi connectivity index (χ4v) is 5.80. The number of dihydropyridines is 1. The number of carbonyl (C=O) groups is 3. The number of hydrogen-bond acceptors (Lipinski definition) is 9. The minimum absolute atomic E-state index is 0.0275. The molecule has 2 unspecified atom stereocenters. The molecule has 0 fully saturated rings. The molecule has 3 aromatic rings. The molecular weight excluding hydrogens is 562 g/mol. The summed E-state index contributed by atoms with van der Waals surface area (Å²) in [6, 6.07) is 21.7. The number of rotatable bonds is 10. The van der Waals surface area contributed by atoms with Gasteiger partial charge in [0.05, 0.1) is 32.5 Å². The predicted octanol–water partition coefficient (Wildman–Crippen LogP) is 5.47. The molecule has 0 aromatic heterocycles. The van der Waals surface area contributed by atoms with Gasteiger partial charge in [0.2, 0.25) is 0 Å². The van der Waals surface area contributed by atoms with Gasteiger partial charge in [-0.15, -0.1) is 0 Å². The monoisotopic (exact) mass is 597 g/mol. The molecule has 5 rings (SSSR count). The van der Waals surface area contributed by atoms with Gasteiger partial charge in [0.15, 0.2) is 17.3 Å². The van der Waals surface area contributed by atoms with Crippen molar-refractivity contribution in [3.05, 3.63) is 112 Å². The van der Waals surface area contributed by atoms with Gasteiger partial charge in [-0.3, -0.25) is 4.79 Å². The fraction of sp³-hybridized carbons (Fsp3) is 0.286. The van der Waals surface area contributed by atoms with E-state index in [1.54, 1.807) is 45.4 Å². The maximum Gasteiger partial charge on any atom is 0.337 e. The third kappa shape index (κ3) is 6.32. The van der Waals surface area contributed by atoms with Crippen molar-refractivity contribution in [3.8, 4) is 17.2 Å². The Morgan fingerprint density at radius 1 is 0.818 bits per heavy atom. The van der Waals surface area contributed by atoms with Gasteiger partial charge < -0.3 is 29.0 Å². The van der Waals surface area contributed by atoms with Crippen LogP contribution >= 0.6 is 0 Å². The van der Waals surface area contributed by atoms with Crippen LogP contribution < -0.4 is 19.5 Å². The molecule has 3 aromatic carbocycles. The molecule has 0 spiro atoms. The van der Waals surface area contributed by atoms with E-state index in [0.29, 0.717) is 51.6 Å². The molecule has 44 heavy (non-hydrogen) atoms. The van der Waals surface area contributed by atoms with Crippen molar-refractivity contribution in [1.29, 1.82) is 0 Å². The molecule has 1 N–H and O–H groups in total. The predicted molar refractivity (Wildman–Crippen MR) is 163 cm³/mol. The third-order valence-electron chi connectivity index (χ3n) is 7.92. The minimum atomic E-state index is -0.681. The van der Waals surface area contributed by atoms with Gasteiger partial charge in [0.25, 0.3) is 0 Å². The lowest BCUT2D eigenvalue weighted by molar-refractivity contribution is -0.140. The highest BCUT2D eigenvalue weighted by Crippen LogP contribution is 2.46. The van der Waals surface area contributed by atoms with Crippen LogP contribution in [0.4, 0.5) is 0 Å². The summed E-state index contributed by atoms with van der Waals surface area (Å²) in [5, 5.41) is 3.36. The molecule has 1 aliphatic carbocycles. The first-order valence-electron chi connectivity index (χ1n) is 14.3. The Bertz CT molecular complexity index is 1610. The van der Waals surface area contributed by atoms with Gasteiger partial charge in [-0.25, -0.2) is 9.59 Å². The van der Waals surface area contributed by atoms with Crippen molar-refractivity contribution >= 4 is 17.7 Å². The first-order valence-corrected chi connectivity index (χ1v) is 14.3. The summed E-state index contributed by atoms with van der Waals surface area (Å²) in [6.07, 6.45) is 0.802. The largest absolute Gasteiger partial charge is 0.493 e. The van der Waals surface area contributed by atoms with Crippen molar-refractivity contribution in [3.63, 3.8) is 0 Å². The zero-order chi connectivity index (χ0) is 31.2. The maximum absolute atomic E-state index is 14.0. The Morgan fingerprint density at radius 2 is 1.52 bits per heavy atom. The Labute approximate surface area is 256 Å². The number of para-hydroxylation sites is 1. The van der Waals surface area contributed by atoms with Crippen molar-refractivity contribution in [2.24, 2.45) is 0 Å². The molecular formula is C35H35NO8. The molecule has 1 heterocycles. The van der Waals surface area contributed by atoms with Crippen molar-refractivity contribution in [2.45, 2.75) is 31.6 Å². The summed E-state index contributed by atoms with van der Waals surface area (Å²) in [5.74, 6) is -0.00512. The van der Waals surface area contributed by atoms with Crippen LogP contribution in [0.25, 0.3) is 0 Å². The van der Waals surface area contributed by atoms with E-state index in [2.05, 4.69) is 5.32 Å². The van der Waals surface area contributed by atoms with E-state index in [-0.39, 0.29) is 31.3 Å². The number of ketones is 1. The highest BCUT2D eigenvalue weighted by atomic mass is 16.6. The van der Waals surface area contributed by atoms with Crippen molar-refractivity contribution < 1.29 is 38.1 Å². The Balaban J connectivity index is 1.45. The average molecular weight is 598 g/mol. The highest BCUT2D eigenvalue weighted by Gasteiger charge is 2.41. The third-order valence-corrected chi connectivity index (χ3v) is 7.92. The number of Topliss-reactive ketones (excluding diaryl/α,β-unsaturated/α-hetero) is 1.